The standard InChI is InChI=1S/C12H14N4O2S/c1-2-9(11-13-5-7-19-11)15-10(17)8-16-6-3-4-14-12(16)18/h3-7,9H,2,8H2,1H3,(H,15,17)/t9-/m0/s1. The Morgan fingerprint density at radius 1 is 1.47 bits per heavy atom. The third-order valence-corrected chi connectivity index (χ3v) is 3.48. The van der Waals surface area contributed by atoms with Crippen molar-refractivity contribution in [1.82, 2.24) is 19.9 Å². The van der Waals surface area contributed by atoms with Crippen molar-refractivity contribution in [1.29, 1.82) is 0 Å². The van der Waals surface area contributed by atoms with Gasteiger partial charge in [-0.25, -0.2) is 14.8 Å². The topological polar surface area (TPSA) is 76.9 Å². The van der Waals surface area contributed by atoms with Crippen molar-refractivity contribution < 1.29 is 4.79 Å². The van der Waals surface area contributed by atoms with E-state index in [4.69, 9.17) is 0 Å². The number of thiazole rings is 1. The second kappa shape index (κ2) is 6.24. The molecule has 2 aromatic heterocycles. The smallest absolute Gasteiger partial charge is 0.345 e. The normalized spacial score (nSPS) is 12.1. The molecule has 2 rings (SSSR count). The van der Waals surface area contributed by atoms with Crippen molar-refractivity contribution in [2.75, 3.05) is 0 Å². The van der Waals surface area contributed by atoms with Gasteiger partial charge in [-0.15, -0.1) is 11.3 Å². The number of nitrogens with one attached hydrogen (secondary N) is 1. The fraction of sp³-hybridized carbons (Fsp3) is 0.333. The van der Waals surface area contributed by atoms with Crippen LogP contribution < -0.4 is 11.0 Å². The lowest BCUT2D eigenvalue weighted by atomic mass is 10.2. The minimum Gasteiger partial charge on any atom is -0.345 e. The molecule has 1 N–H and O–H groups in total. The molecular formula is C12H14N4O2S. The maximum absolute atomic E-state index is 11.9. The van der Waals surface area contributed by atoms with Gasteiger partial charge >= 0.3 is 5.69 Å². The summed E-state index contributed by atoms with van der Waals surface area (Å²) < 4.78 is 1.27. The molecule has 0 fully saturated rings. The van der Waals surface area contributed by atoms with E-state index in [-0.39, 0.29) is 18.5 Å². The number of carbonyl (C=O) groups is 1. The monoisotopic (exact) mass is 278 g/mol. The molecule has 0 aromatic carbocycles. The molecule has 100 valence electrons. The fourth-order valence-electron chi connectivity index (χ4n) is 1.65. The first-order chi connectivity index (χ1) is 9.20. The first-order valence-corrected chi connectivity index (χ1v) is 6.79. The van der Waals surface area contributed by atoms with E-state index in [0.29, 0.717) is 0 Å². The van der Waals surface area contributed by atoms with Gasteiger partial charge in [0.2, 0.25) is 5.91 Å². The summed E-state index contributed by atoms with van der Waals surface area (Å²) in [5, 5.41) is 5.61. The summed E-state index contributed by atoms with van der Waals surface area (Å²) in [6.07, 6.45) is 5.40. The zero-order valence-electron chi connectivity index (χ0n) is 10.4. The number of hydrogen-bond donors (Lipinski definition) is 1. The third kappa shape index (κ3) is 3.47. The van der Waals surface area contributed by atoms with E-state index in [1.807, 2.05) is 12.3 Å². The van der Waals surface area contributed by atoms with Crippen LogP contribution >= 0.6 is 11.3 Å². The van der Waals surface area contributed by atoms with Crippen LogP contribution in [-0.4, -0.2) is 20.4 Å². The molecule has 1 amide bonds. The van der Waals surface area contributed by atoms with Gasteiger partial charge in [-0.3, -0.25) is 9.36 Å². The Bertz CT molecular complexity index is 594. The predicted molar refractivity (Wildman–Crippen MR) is 71.8 cm³/mol. The summed E-state index contributed by atoms with van der Waals surface area (Å²) in [7, 11) is 0. The summed E-state index contributed by atoms with van der Waals surface area (Å²) in [5.41, 5.74) is -0.431. The van der Waals surface area contributed by atoms with Crippen LogP contribution in [0.4, 0.5) is 0 Å². The molecule has 6 nitrogen and oxygen atoms in total. The van der Waals surface area contributed by atoms with Crippen molar-refractivity contribution in [2.45, 2.75) is 25.9 Å². The first kappa shape index (κ1) is 13.4. The van der Waals surface area contributed by atoms with E-state index < -0.39 is 5.69 Å². The van der Waals surface area contributed by atoms with Crippen molar-refractivity contribution in [2.24, 2.45) is 0 Å². The molecule has 0 saturated heterocycles. The first-order valence-electron chi connectivity index (χ1n) is 5.91. The van der Waals surface area contributed by atoms with Gasteiger partial charge in [0.05, 0.1) is 6.04 Å². The van der Waals surface area contributed by atoms with Gasteiger partial charge in [0, 0.05) is 24.0 Å². The molecule has 0 saturated carbocycles. The van der Waals surface area contributed by atoms with Crippen LogP contribution in [0.3, 0.4) is 0 Å². The molecule has 0 spiro atoms. The van der Waals surface area contributed by atoms with Crippen molar-refractivity contribution in [3.8, 4) is 0 Å². The van der Waals surface area contributed by atoms with Crippen LogP contribution in [-0.2, 0) is 11.3 Å². The van der Waals surface area contributed by atoms with E-state index in [2.05, 4.69) is 15.3 Å². The second-order valence-electron chi connectivity index (χ2n) is 3.93. The molecule has 0 bridgehead atoms. The minimum absolute atomic E-state index is 0.0332. The van der Waals surface area contributed by atoms with Gasteiger partial charge < -0.3 is 5.32 Å². The molecule has 1 atom stereocenters. The van der Waals surface area contributed by atoms with Crippen molar-refractivity contribution in [3.05, 3.63) is 45.5 Å². The van der Waals surface area contributed by atoms with E-state index in [0.717, 1.165) is 11.4 Å². The molecule has 7 heteroatoms. The Morgan fingerprint density at radius 2 is 2.32 bits per heavy atom. The number of hydrogen-bond acceptors (Lipinski definition) is 5. The Labute approximate surface area is 114 Å². The number of nitrogens with zero attached hydrogens (tertiary/aromatic N) is 3. The van der Waals surface area contributed by atoms with Crippen LogP contribution in [0.15, 0.2) is 34.8 Å². The largest absolute Gasteiger partial charge is 0.347 e. The summed E-state index contributed by atoms with van der Waals surface area (Å²) >= 11 is 1.50. The lowest BCUT2D eigenvalue weighted by molar-refractivity contribution is -0.122. The average molecular weight is 278 g/mol. The SMILES string of the molecule is CC[C@H](NC(=O)Cn1cccnc1=O)c1nccs1. The van der Waals surface area contributed by atoms with Crippen LogP contribution in [0.5, 0.6) is 0 Å². The van der Waals surface area contributed by atoms with Gasteiger partial charge in [0.1, 0.15) is 11.6 Å². The van der Waals surface area contributed by atoms with Crippen LogP contribution in [0.1, 0.15) is 24.4 Å². The summed E-state index contributed by atoms with van der Waals surface area (Å²) in [5.74, 6) is -0.225. The van der Waals surface area contributed by atoms with Gasteiger partial charge in [-0.1, -0.05) is 6.92 Å². The highest BCUT2D eigenvalue weighted by Gasteiger charge is 2.15. The molecule has 0 unspecified atom stereocenters. The zero-order valence-corrected chi connectivity index (χ0v) is 11.3. The Morgan fingerprint density at radius 3 is 2.95 bits per heavy atom. The Balaban J connectivity index is 2.01. The maximum atomic E-state index is 11.9. The number of amides is 1. The molecule has 0 aliphatic carbocycles. The van der Waals surface area contributed by atoms with Crippen LogP contribution in [0.2, 0.25) is 0 Å². The number of rotatable bonds is 5. The average Bonchev–Trinajstić information content (AvgIpc) is 2.92. The van der Waals surface area contributed by atoms with Gasteiger partial charge in [-0.2, -0.15) is 0 Å². The molecule has 2 heterocycles. The predicted octanol–water partition coefficient (Wildman–Crippen LogP) is 0.967. The van der Waals surface area contributed by atoms with Gasteiger partial charge in [0.25, 0.3) is 0 Å². The molecule has 19 heavy (non-hydrogen) atoms. The molecule has 2 aromatic rings. The van der Waals surface area contributed by atoms with Crippen LogP contribution in [0, 0.1) is 0 Å². The summed E-state index contributed by atoms with van der Waals surface area (Å²) in [6.45, 7) is 1.94. The molecule has 0 aliphatic heterocycles. The number of aromatic nitrogens is 3. The van der Waals surface area contributed by atoms with E-state index >= 15 is 0 Å². The van der Waals surface area contributed by atoms with E-state index in [1.165, 1.54) is 22.1 Å². The van der Waals surface area contributed by atoms with E-state index in [9.17, 15) is 9.59 Å². The molecule has 0 aliphatic rings. The lowest BCUT2D eigenvalue weighted by Gasteiger charge is -2.14. The maximum Gasteiger partial charge on any atom is 0.347 e. The quantitative estimate of drug-likeness (QED) is 0.884. The summed E-state index contributed by atoms with van der Waals surface area (Å²) in [6, 6.07) is 1.51. The van der Waals surface area contributed by atoms with E-state index in [1.54, 1.807) is 18.5 Å². The Kier molecular flexibility index (Phi) is 4.40. The van der Waals surface area contributed by atoms with Crippen LogP contribution in [0.25, 0.3) is 0 Å². The minimum atomic E-state index is -0.431. The number of carbonyl (C=O) groups excluding carboxylic acids is 1. The highest BCUT2D eigenvalue weighted by Crippen LogP contribution is 2.18. The molecular weight excluding hydrogens is 264 g/mol. The fourth-order valence-corrected chi connectivity index (χ4v) is 2.42. The third-order valence-electron chi connectivity index (χ3n) is 2.59. The molecule has 0 radical (unpaired) electrons. The highest BCUT2D eigenvalue weighted by molar-refractivity contribution is 7.09. The zero-order chi connectivity index (χ0) is 13.7. The Hall–Kier alpha value is -2.02. The summed E-state index contributed by atoms with van der Waals surface area (Å²) in [4.78, 5) is 31.1. The van der Waals surface area contributed by atoms with Gasteiger partial charge in [0.15, 0.2) is 0 Å². The van der Waals surface area contributed by atoms with Crippen molar-refractivity contribution in [3.63, 3.8) is 0 Å². The van der Waals surface area contributed by atoms with Crippen molar-refractivity contribution >= 4 is 17.2 Å². The van der Waals surface area contributed by atoms with Gasteiger partial charge in [-0.05, 0) is 12.5 Å². The lowest BCUT2D eigenvalue weighted by Crippen LogP contribution is -2.34. The highest BCUT2D eigenvalue weighted by atomic mass is 32.1. The second-order valence-corrected chi connectivity index (χ2v) is 4.86.